The van der Waals surface area contributed by atoms with Crippen molar-refractivity contribution < 1.29 is 9.90 Å². The summed E-state index contributed by atoms with van der Waals surface area (Å²) in [4.78, 5) is 10.1. The van der Waals surface area contributed by atoms with Crippen molar-refractivity contribution in [2.75, 3.05) is 6.54 Å². The van der Waals surface area contributed by atoms with Gasteiger partial charge in [0.2, 0.25) is 0 Å². The summed E-state index contributed by atoms with van der Waals surface area (Å²) in [5.74, 6) is -0.0564. The van der Waals surface area contributed by atoms with Crippen LogP contribution in [0.1, 0.15) is 19.8 Å². The van der Waals surface area contributed by atoms with Gasteiger partial charge in [-0.05, 0) is 25.7 Å². The van der Waals surface area contributed by atoms with E-state index in [0.29, 0.717) is 12.6 Å². The number of nitrogens with one attached hydrogen (secondary N) is 1. The van der Waals surface area contributed by atoms with E-state index < -0.39 is 5.97 Å². The molecular weight excluding hydrogens is 154 g/mol. The van der Waals surface area contributed by atoms with Crippen molar-refractivity contribution in [2.24, 2.45) is 5.92 Å². The third kappa shape index (κ3) is 3.53. The summed E-state index contributed by atoms with van der Waals surface area (Å²) in [6, 6.07) is 0.531. The van der Waals surface area contributed by atoms with Crippen LogP contribution in [0.25, 0.3) is 0 Å². The number of rotatable bonds is 5. The fraction of sp³-hybridized carbons (Fsp3) is 0.667. The van der Waals surface area contributed by atoms with E-state index in [9.17, 15) is 4.79 Å². The lowest BCUT2D eigenvalue weighted by molar-refractivity contribution is -0.131. The second-order valence-corrected chi connectivity index (χ2v) is 3.27. The maximum atomic E-state index is 10.1. The molecule has 1 aliphatic rings. The quantitative estimate of drug-likeness (QED) is 0.604. The van der Waals surface area contributed by atoms with Crippen molar-refractivity contribution in [1.82, 2.24) is 5.32 Å². The Morgan fingerprint density at radius 3 is 2.92 bits per heavy atom. The Morgan fingerprint density at radius 1 is 1.75 bits per heavy atom. The molecule has 0 aromatic rings. The van der Waals surface area contributed by atoms with Gasteiger partial charge in [0.05, 0.1) is 0 Å². The number of hydrogen-bond acceptors (Lipinski definition) is 2. The van der Waals surface area contributed by atoms with Crippen molar-refractivity contribution >= 4 is 5.97 Å². The molecule has 3 heteroatoms. The minimum atomic E-state index is -0.879. The topological polar surface area (TPSA) is 49.3 Å². The third-order valence-corrected chi connectivity index (χ3v) is 2.15. The maximum Gasteiger partial charge on any atom is 0.328 e. The van der Waals surface area contributed by atoms with Gasteiger partial charge in [-0.2, -0.15) is 0 Å². The van der Waals surface area contributed by atoms with Crippen LogP contribution in [-0.4, -0.2) is 23.7 Å². The van der Waals surface area contributed by atoms with E-state index in [1.54, 1.807) is 6.08 Å². The molecule has 1 saturated carbocycles. The molecule has 1 fully saturated rings. The van der Waals surface area contributed by atoms with Crippen LogP contribution in [-0.2, 0) is 4.79 Å². The summed E-state index contributed by atoms with van der Waals surface area (Å²) in [6.07, 6.45) is 5.45. The van der Waals surface area contributed by atoms with Crippen LogP contribution in [0, 0.1) is 5.92 Å². The molecule has 12 heavy (non-hydrogen) atoms. The molecule has 1 rings (SSSR count). The minimum Gasteiger partial charge on any atom is -0.478 e. The molecule has 0 aliphatic heterocycles. The number of hydrogen-bond donors (Lipinski definition) is 2. The molecule has 0 amide bonds. The summed E-state index contributed by atoms with van der Waals surface area (Å²) < 4.78 is 0. The molecule has 0 saturated heterocycles. The van der Waals surface area contributed by atoms with Crippen molar-refractivity contribution in [2.45, 2.75) is 25.8 Å². The van der Waals surface area contributed by atoms with Crippen LogP contribution in [0.4, 0.5) is 0 Å². The summed E-state index contributed by atoms with van der Waals surface area (Å²) >= 11 is 0. The van der Waals surface area contributed by atoms with Crippen LogP contribution in [0.3, 0.4) is 0 Å². The summed E-state index contributed by atoms with van der Waals surface area (Å²) in [6.45, 7) is 2.80. The normalized spacial score (nSPS) is 19.8. The Labute approximate surface area is 72.5 Å². The molecule has 0 heterocycles. The SMILES string of the molecule is CC(NC/C=C/C(=O)O)C1CC1. The predicted octanol–water partition coefficient (Wildman–Crippen LogP) is 1.02. The second kappa shape index (κ2) is 4.26. The molecule has 1 aliphatic carbocycles. The Kier molecular flexibility index (Phi) is 3.29. The van der Waals surface area contributed by atoms with Gasteiger partial charge in [0.1, 0.15) is 0 Å². The Balaban J connectivity index is 2.04. The summed E-state index contributed by atoms with van der Waals surface area (Å²) in [7, 11) is 0. The highest BCUT2D eigenvalue weighted by molar-refractivity contribution is 5.79. The molecule has 1 unspecified atom stereocenters. The molecule has 0 bridgehead atoms. The highest BCUT2D eigenvalue weighted by Gasteiger charge is 2.26. The van der Waals surface area contributed by atoms with Crippen molar-refractivity contribution in [3.8, 4) is 0 Å². The largest absolute Gasteiger partial charge is 0.478 e. The lowest BCUT2D eigenvalue weighted by Gasteiger charge is -2.09. The van der Waals surface area contributed by atoms with Crippen LogP contribution in [0.2, 0.25) is 0 Å². The van der Waals surface area contributed by atoms with Crippen LogP contribution in [0.5, 0.6) is 0 Å². The predicted molar refractivity (Wildman–Crippen MR) is 47.0 cm³/mol. The van der Waals surface area contributed by atoms with Gasteiger partial charge in [0.25, 0.3) is 0 Å². The van der Waals surface area contributed by atoms with Crippen molar-refractivity contribution in [3.63, 3.8) is 0 Å². The van der Waals surface area contributed by atoms with Crippen LogP contribution in [0.15, 0.2) is 12.2 Å². The van der Waals surface area contributed by atoms with Gasteiger partial charge >= 0.3 is 5.97 Å². The van der Waals surface area contributed by atoms with E-state index in [0.717, 1.165) is 5.92 Å². The third-order valence-electron chi connectivity index (χ3n) is 2.15. The molecule has 0 spiro atoms. The van der Waals surface area contributed by atoms with Gasteiger partial charge in [-0.3, -0.25) is 0 Å². The molecule has 0 aromatic heterocycles. The highest BCUT2D eigenvalue weighted by atomic mass is 16.4. The minimum absolute atomic E-state index is 0.531. The molecular formula is C9H15NO2. The fourth-order valence-electron chi connectivity index (χ4n) is 1.18. The van der Waals surface area contributed by atoms with E-state index in [4.69, 9.17) is 5.11 Å². The van der Waals surface area contributed by atoms with Crippen molar-refractivity contribution in [1.29, 1.82) is 0 Å². The monoisotopic (exact) mass is 169 g/mol. The fourth-order valence-corrected chi connectivity index (χ4v) is 1.18. The highest BCUT2D eigenvalue weighted by Crippen LogP contribution is 2.32. The Bertz CT molecular complexity index is 185. The Morgan fingerprint density at radius 2 is 2.42 bits per heavy atom. The molecule has 2 N–H and O–H groups in total. The average molecular weight is 169 g/mol. The Hall–Kier alpha value is -0.830. The van der Waals surface area contributed by atoms with Gasteiger partial charge in [-0.15, -0.1) is 0 Å². The average Bonchev–Trinajstić information content (AvgIpc) is 2.79. The first-order chi connectivity index (χ1) is 5.70. The van der Waals surface area contributed by atoms with Gasteiger partial charge in [0, 0.05) is 18.7 Å². The first-order valence-electron chi connectivity index (χ1n) is 4.33. The lowest BCUT2D eigenvalue weighted by atomic mass is 10.2. The summed E-state index contributed by atoms with van der Waals surface area (Å²) in [5, 5.41) is 11.5. The van der Waals surface area contributed by atoms with E-state index in [1.807, 2.05) is 0 Å². The van der Waals surface area contributed by atoms with Crippen LogP contribution < -0.4 is 5.32 Å². The maximum absolute atomic E-state index is 10.1. The van der Waals surface area contributed by atoms with E-state index in [2.05, 4.69) is 12.2 Å². The van der Waals surface area contributed by atoms with E-state index in [1.165, 1.54) is 18.9 Å². The molecule has 3 nitrogen and oxygen atoms in total. The molecule has 1 atom stereocenters. The zero-order valence-electron chi connectivity index (χ0n) is 7.29. The number of carboxylic acids is 1. The van der Waals surface area contributed by atoms with Gasteiger partial charge < -0.3 is 10.4 Å². The second-order valence-electron chi connectivity index (χ2n) is 3.27. The van der Waals surface area contributed by atoms with Gasteiger partial charge in [0.15, 0.2) is 0 Å². The molecule has 0 aromatic carbocycles. The smallest absolute Gasteiger partial charge is 0.328 e. The zero-order chi connectivity index (χ0) is 8.97. The first kappa shape index (κ1) is 9.26. The number of carboxylic acid groups (broad SMARTS) is 1. The van der Waals surface area contributed by atoms with Crippen LogP contribution >= 0.6 is 0 Å². The standard InChI is InChI=1S/C9H15NO2/c1-7(8-4-5-8)10-6-2-3-9(11)12/h2-3,7-8,10H,4-6H2,1H3,(H,11,12)/b3-2+. The number of carbonyl (C=O) groups is 1. The van der Waals surface area contributed by atoms with Gasteiger partial charge in [-0.1, -0.05) is 6.08 Å². The number of aliphatic carboxylic acids is 1. The first-order valence-corrected chi connectivity index (χ1v) is 4.33. The van der Waals surface area contributed by atoms with Crippen molar-refractivity contribution in [3.05, 3.63) is 12.2 Å². The van der Waals surface area contributed by atoms with Gasteiger partial charge in [-0.25, -0.2) is 4.79 Å². The van der Waals surface area contributed by atoms with E-state index in [-0.39, 0.29) is 0 Å². The molecule has 0 radical (unpaired) electrons. The van der Waals surface area contributed by atoms with E-state index >= 15 is 0 Å². The zero-order valence-corrected chi connectivity index (χ0v) is 7.29. The molecule has 68 valence electrons. The summed E-state index contributed by atoms with van der Waals surface area (Å²) in [5.41, 5.74) is 0. The lowest BCUT2D eigenvalue weighted by Crippen LogP contribution is -2.27.